The SMILES string of the molecule is COc1nn(CCO)cc1N. The maximum absolute atomic E-state index is 8.55. The molecule has 11 heavy (non-hydrogen) atoms. The van der Waals surface area contributed by atoms with Crippen LogP contribution in [0.15, 0.2) is 6.20 Å². The first kappa shape index (κ1) is 7.87. The van der Waals surface area contributed by atoms with Gasteiger partial charge in [0.1, 0.15) is 5.69 Å². The van der Waals surface area contributed by atoms with E-state index in [1.54, 1.807) is 6.20 Å². The fraction of sp³-hybridized carbons (Fsp3) is 0.500. The largest absolute Gasteiger partial charge is 0.478 e. The van der Waals surface area contributed by atoms with Gasteiger partial charge < -0.3 is 15.6 Å². The van der Waals surface area contributed by atoms with Crippen LogP contribution >= 0.6 is 0 Å². The molecule has 0 saturated carbocycles. The summed E-state index contributed by atoms with van der Waals surface area (Å²) in [7, 11) is 1.50. The molecule has 0 bridgehead atoms. The van der Waals surface area contributed by atoms with Crippen molar-refractivity contribution in [2.24, 2.45) is 0 Å². The number of anilines is 1. The van der Waals surface area contributed by atoms with Gasteiger partial charge in [0.05, 0.1) is 26.5 Å². The number of methoxy groups -OCH3 is 1. The minimum absolute atomic E-state index is 0.0459. The summed E-state index contributed by atoms with van der Waals surface area (Å²) in [5.41, 5.74) is 5.98. The molecular weight excluding hydrogens is 146 g/mol. The highest BCUT2D eigenvalue weighted by Crippen LogP contribution is 2.16. The average molecular weight is 157 g/mol. The van der Waals surface area contributed by atoms with Gasteiger partial charge in [-0.3, -0.25) is 4.68 Å². The molecule has 0 radical (unpaired) electrons. The first-order valence-corrected chi connectivity index (χ1v) is 3.25. The fourth-order valence-electron chi connectivity index (χ4n) is 0.795. The van der Waals surface area contributed by atoms with Crippen molar-refractivity contribution in [3.63, 3.8) is 0 Å². The summed E-state index contributed by atoms with van der Waals surface area (Å²) in [6.45, 7) is 0.484. The zero-order valence-electron chi connectivity index (χ0n) is 6.32. The zero-order valence-corrected chi connectivity index (χ0v) is 6.32. The van der Waals surface area contributed by atoms with Crippen LogP contribution in [-0.2, 0) is 6.54 Å². The van der Waals surface area contributed by atoms with Gasteiger partial charge in [0, 0.05) is 0 Å². The predicted molar refractivity (Wildman–Crippen MR) is 40.3 cm³/mol. The van der Waals surface area contributed by atoms with Crippen LogP contribution in [0, 0.1) is 0 Å². The van der Waals surface area contributed by atoms with Crippen molar-refractivity contribution in [1.29, 1.82) is 0 Å². The maximum atomic E-state index is 8.55. The third-order valence-electron chi connectivity index (χ3n) is 1.28. The molecule has 0 spiro atoms. The number of aliphatic hydroxyl groups excluding tert-OH is 1. The van der Waals surface area contributed by atoms with Crippen LogP contribution in [0.1, 0.15) is 0 Å². The number of hydrogen-bond donors (Lipinski definition) is 2. The maximum Gasteiger partial charge on any atom is 0.256 e. The first-order chi connectivity index (χ1) is 5.27. The monoisotopic (exact) mass is 157 g/mol. The molecule has 0 fully saturated rings. The Morgan fingerprint density at radius 2 is 2.55 bits per heavy atom. The van der Waals surface area contributed by atoms with Gasteiger partial charge in [0.25, 0.3) is 5.88 Å². The van der Waals surface area contributed by atoms with E-state index in [1.165, 1.54) is 11.8 Å². The summed E-state index contributed by atoms with van der Waals surface area (Å²) in [4.78, 5) is 0. The first-order valence-electron chi connectivity index (χ1n) is 3.25. The van der Waals surface area contributed by atoms with Gasteiger partial charge in [-0.2, -0.15) is 0 Å². The summed E-state index contributed by atoms with van der Waals surface area (Å²) in [5.74, 6) is 0.401. The Kier molecular flexibility index (Phi) is 2.32. The summed E-state index contributed by atoms with van der Waals surface area (Å²) in [6.07, 6.45) is 1.62. The Labute approximate surface area is 64.4 Å². The molecule has 62 valence electrons. The summed E-state index contributed by atoms with van der Waals surface area (Å²) >= 11 is 0. The van der Waals surface area contributed by atoms with Crippen molar-refractivity contribution in [2.75, 3.05) is 19.5 Å². The summed E-state index contributed by atoms with van der Waals surface area (Å²) in [6, 6.07) is 0. The van der Waals surface area contributed by atoms with Gasteiger partial charge in [0.15, 0.2) is 0 Å². The van der Waals surface area contributed by atoms with Gasteiger partial charge in [-0.05, 0) is 0 Å². The number of hydrogen-bond acceptors (Lipinski definition) is 4. The lowest BCUT2D eigenvalue weighted by Crippen LogP contribution is -2.02. The van der Waals surface area contributed by atoms with E-state index < -0.39 is 0 Å². The van der Waals surface area contributed by atoms with E-state index in [-0.39, 0.29) is 6.61 Å². The van der Waals surface area contributed by atoms with Crippen molar-refractivity contribution in [3.05, 3.63) is 6.20 Å². The molecule has 0 amide bonds. The highest BCUT2D eigenvalue weighted by molar-refractivity contribution is 5.45. The van der Waals surface area contributed by atoms with E-state index in [4.69, 9.17) is 15.6 Å². The smallest absolute Gasteiger partial charge is 0.256 e. The summed E-state index contributed by atoms with van der Waals surface area (Å²) < 4.78 is 6.37. The Bertz CT molecular complexity index is 234. The van der Waals surface area contributed by atoms with Crippen molar-refractivity contribution in [1.82, 2.24) is 9.78 Å². The van der Waals surface area contributed by atoms with E-state index in [9.17, 15) is 0 Å². The lowest BCUT2D eigenvalue weighted by molar-refractivity contribution is 0.267. The Morgan fingerprint density at radius 3 is 3.00 bits per heavy atom. The molecule has 0 aromatic carbocycles. The lowest BCUT2D eigenvalue weighted by Gasteiger charge is -1.94. The molecule has 3 N–H and O–H groups in total. The minimum Gasteiger partial charge on any atom is -0.478 e. The number of nitrogen functional groups attached to an aromatic ring is 1. The standard InChI is InChI=1S/C6H11N3O2/c1-11-6-5(7)4-9(8-6)2-3-10/h4,10H,2-3,7H2,1H3. The van der Waals surface area contributed by atoms with Crippen LogP contribution in [0.4, 0.5) is 5.69 Å². The van der Waals surface area contributed by atoms with Crippen LogP contribution < -0.4 is 10.5 Å². The van der Waals surface area contributed by atoms with Gasteiger partial charge in [-0.1, -0.05) is 0 Å². The molecule has 0 aliphatic heterocycles. The molecule has 0 aliphatic carbocycles. The van der Waals surface area contributed by atoms with E-state index in [2.05, 4.69) is 5.10 Å². The Balaban J connectivity index is 2.77. The van der Waals surface area contributed by atoms with Crippen molar-refractivity contribution in [3.8, 4) is 5.88 Å². The van der Waals surface area contributed by atoms with Gasteiger partial charge >= 0.3 is 0 Å². The topological polar surface area (TPSA) is 73.3 Å². The van der Waals surface area contributed by atoms with E-state index in [1.807, 2.05) is 0 Å². The van der Waals surface area contributed by atoms with Gasteiger partial charge in [-0.25, -0.2) is 0 Å². The molecule has 1 aromatic rings. The third kappa shape index (κ3) is 1.62. The predicted octanol–water partition coefficient (Wildman–Crippen LogP) is -0.534. The molecule has 1 rings (SSSR count). The minimum atomic E-state index is 0.0459. The molecule has 5 nitrogen and oxygen atoms in total. The Morgan fingerprint density at radius 1 is 1.82 bits per heavy atom. The fourth-order valence-corrected chi connectivity index (χ4v) is 0.795. The molecule has 0 aliphatic rings. The van der Waals surface area contributed by atoms with E-state index in [0.717, 1.165) is 0 Å². The zero-order chi connectivity index (χ0) is 8.27. The molecule has 1 aromatic heterocycles. The van der Waals surface area contributed by atoms with E-state index in [0.29, 0.717) is 18.1 Å². The van der Waals surface area contributed by atoms with Crippen molar-refractivity contribution >= 4 is 5.69 Å². The number of rotatable bonds is 3. The van der Waals surface area contributed by atoms with Crippen LogP contribution in [-0.4, -0.2) is 28.6 Å². The normalized spacial score (nSPS) is 10.0. The molecule has 1 heterocycles. The number of nitrogens with two attached hydrogens (primary N) is 1. The van der Waals surface area contributed by atoms with Crippen LogP contribution in [0.5, 0.6) is 5.88 Å². The quantitative estimate of drug-likeness (QED) is 0.618. The molecule has 0 unspecified atom stereocenters. The molecule has 0 atom stereocenters. The van der Waals surface area contributed by atoms with Gasteiger partial charge in [-0.15, -0.1) is 5.10 Å². The highest BCUT2D eigenvalue weighted by atomic mass is 16.5. The lowest BCUT2D eigenvalue weighted by atomic mass is 10.6. The molecule has 0 saturated heterocycles. The van der Waals surface area contributed by atoms with Crippen molar-refractivity contribution < 1.29 is 9.84 Å². The van der Waals surface area contributed by atoms with Crippen LogP contribution in [0.25, 0.3) is 0 Å². The number of ether oxygens (including phenoxy) is 1. The number of aliphatic hydroxyl groups is 1. The molecular formula is C6H11N3O2. The van der Waals surface area contributed by atoms with E-state index >= 15 is 0 Å². The highest BCUT2D eigenvalue weighted by Gasteiger charge is 2.03. The van der Waals surface area contributed by atoms with Crippen molar-refractivity contribution in [2.45, 2.75) is 6.54 Å². The average Bonchev–Trinajstić information content (AvgIpc) is 2.32. The third-order valence-corrected chi connectivity index (χ3v) is 1.28. The second-order valence-electron chi connectivity index (χ2n) is 2.08. The number of nitrogens with zero attached hydrogens (tertiary/aromatic N) is 2. The number of aromatic nitrogens is 2. The molecule has 5 heteroatoms. The second-order valence-corrected chi connectivity index (χ2v) is 2.08. The second kappa shape index (κ2) is 3.25. The van der Waals surface area contributed by atoms with Crippen LogP contribution in [0.3, 0.4) is 0 Å². The van der Waals surface area contributed by atoms with Gasteiger partial charge in [0.2, 0.25) is 0 Å². The summed E-state index contributed by atoms with van der Waals surface area (Å²) in [5, 5.41) is 12.5. The van der Waals surface area contributed by atoms with Crippen LogP contribution in [0.2, 0.25) is 0 Å². The Hall–Kier alpha value is -1.23.